The minimum atomic E-state index is -4.15. The molecule has 2 aliphatic carbocycles. The number of nitrogens with zero attached hydrogens (tertiary/aromatic N) is 2. The molecule has 1 atom stereocenters. The van der Waals surface area contributed by atoms with Crippen LogP contribution in [0.5, 0.6) is 5.75 Å². The van der Waals surface area contributed by atoms with Crippen molar-refractivity contribution >= 4 is 11.7 Å². The van der Waals surface area contributed by atoms with E-state index in [4.69, 9.17) is 4.74 Å². The number of rotatable bonds is 6. The summed E-state index contributed by atoms with van der Waals surface area (Å²) in [5.74, 6) is -9.37. The highest BCUT2D eigenvalue weighted by Crippen LogP contribution is 2.56. The maximum absolute atomic E-state index is 13.5. The molecule has 0 aliphatic heterocycles. The second-order valence-corrected chi connectivity index (χ2v) is 8.07. The highest BCUT2D eigenvalue weighted by molar-refractivity contribution is 5.92. The van der Waals surface area contributed by atoms with Crippen molar-refractivity contribution in [1.82, 2.24) is 9.78 Å². The van der Waals surface area contributed by atoms with Gasteiger partial charge in [-0.25, -0.2) is 0 Å². The van der Waals surface area contributed by atoms with Crippen molar-refractivity contribution in [2.45, 2.75) is 49.9 Å². The molecule has 1 N–H and O–H groups in total. The SMILES string of the molecule is COc1ccc(-c2c(C3CCC3)c(NC(=O)C[C@@H]3CC(F)(F)C3(F)F)nn2C)cc1. The average Bonchev–Trinajstić information content (AvgIpc) is 2.95. The lowest BCUT2D eigenvalue weighted by Gasteiger charge is -2.43. The van der Waals surface area contributed by atoms with Crippen LogP contribution >= 0.6 is 0 Å². The largest absolute Gasteiger partial charge is 0.497 e. The molecule has 1 amide bonds. The van der Waals surface area contributed by atoms with Gasteiger partial charge >= 0.3 is 11.8 Å². The Morgan fingerprint density at radius 1 is 1.23 bits per heavy atom. The van der Waals surface area contributed by atoms with Crippen LogP contribution < -0.4 is 10.1 Å². The lowest BCUT2D eigenvalue weighted by atomic mass is 9.74. The third-order valence-electron chi connectivity index (χ3n) is 6.15. The highest BCUT2D eigenvalue weighted by Gasteiger charge is 2.71. The number of methoxy groups -OCH3 is 1. The summed E-state index contributed by atoms with van der Waals surface area (Å²) in [7, 11) is 3.33. The van der Waals surface area contributed by atoms with Gasteiger partial charge in [-0.05, 0) is 43.0 Å². The Labute approximate surface area is 171 Å². The van der Waals surface area contributed by atoms with E-state index in [1.165, 1.54) is 0 Å². The van der Waals surface area contributed by atoms with Crippen LogP contribution in [0.1, 0.15) is 43.6 Å². The van der Waals surface area contributed by atoms with Gasteiger partial charge in [0.2, 0.25) is 5.91 Å². The van der Waals surface area contributed by atoms with Crippen molar-refractivity contribution in [3.63, 3.8) is 0 Å². The van der Waals surface area contributed by atoms with Crippen LogP contribution in [0.2, 0.25) is 0 Å². The lowest BCUT2D eigenvalue weighted by molar-refractivity contribution is -0.313. The molecule has 0 unspecified atom stereocenters. The standard InChI is InChI=1S/C21H23F4N3O2/c1-28-18(13-6-8-15(30-2)9-7-13)17(12-4-3-5-12)19(27-28)26-16(29)10-14-11-20(22,23)21(14,24)25/h6-9,12,14H,3-5,10-11H2,1-2H3,(H,26,27,29)/t14-/m1/s1. The molecule has 0 radical (unpaired) electrons. The first kappa shape index (κ1) is 20.7. The van der Waals surface area contributed by atoms with Crippen LogP contribution in [0.3, 0.4) is 0 Å². The Hall–Kier alpha value is -2.58. The zero-order valence-corrected chi connectivity index (χ0v) is 16.7. The zero-order valence-electron chi connectivity index (χ0n) is 16.7. The molecule has 0 saturated heterocycles. The molecule has 2 saturated carbocycles. The number of benzene rings is 1. The third-order valence-corrected chi connectivity index (χ3v) is 6.15. The maximum atomic E-state index is 13.5. The van der Waals surface area contributed by atoms with Crippen LogP contribution in [0.15, 0.2) is 24.3 Å². The van der Waals surface area contributed by atoms with E-state index < -0.39 is 36.5 Å². The molecule has 1 aromatic carbocycles. The summed E-state index contributed by atoms with van der Waals surface area (Å²) in [6.45, 7) is 0. The quantitative estimate of drug-likeness (QED) is 0.664. The molecular weight excluding hydrogens is 402 g/mol. The van der Waals surface area contributed by atoms with Crippen molar-refractivity contribution in [2.24, 2.45) is 13.0 Å². The normalized spacial score (nSPS) is 22.1. The van der Waals surface area contributed by atoms with Crippen LogP contribution in [-0.2, 0) is 11.8 Å². The Morgan fingerprint density at radius 3 is 2.40 bits per heavy atom. The molecule has 4 rings (SSSR count). The molecule has 1 aromatic heterocycles. The molecule has 2 aromatic rings. The van der Waals surface area contributed by atoms with E-state index in [0.717, 1.165) is 36.1 Å². The van der Waals surface area contributed by atoms with Gasteiger partial charge < -0.3 is 10.1 Å². The Kier molecular flexibility index (Phi) is 5.02. The number of hydrogen-bond acceptors (Lipinski definition) is 3. The van der Waals surface area contributed by atoms with Gasteiger partial charge in [-0.3, -0.25) is 9.48 Å². The number of amides is 1. The number of hydrogen-bond donors (Lipinski definition) is 1. The molecule has 5 nitrogen and oxygen atoms in total. The van der Waals surface area contributed by atoms with Crippen LogP contribution in [0.4, 0.5) is 23.4 Å². The predicted octanol–water partition coefficient (Wildman–Crippen LogP) is 4.98. The second-order valence-electron chi connectivity index (χ2n) is 8.07. The van der Waals surface area contributed by atoms with Gasteiger partial charge in [0.25, 0.3) is 0 Å². The summed E-state index contributed by atoms with van der Waals surface area (Å²) in [4.78, 5) is 12.4. The van der Waals surface area contributed by atoms with Crippen molar-refractivity contribution in [2.75, 3.05) is 12.4 Å². The second kappa shape index (κ2) is 7.28. The fraction of sp³-hybridized carbons (Fsp3) is 0.524. The molecule has 162 valence electrons. The molecule has 1 heterocycles. The Morgan fingerprint density at radius 2 is 1.90 bits per heavy atom. The third kappa shape index (κ3) is 3.33. The minimum absolute atomic E-state index is 0.195. The molecule has 0 spiro atoms. The van der Waals surface area contributed by atoms with Gasteiger partial charge in [0.15, 0.2) is 5.82 Å². The first-order chi connectivity index (χ1) is 14.1. The van der Waals surface area contributed by atoms with E-state index in [2.05, 4.69) is 10.4 Å². The molecule has 2 aliphatic rings. The number of alkyl halides is 4. The predicted molar refractivity (Wildman–Crippen MR) is 103 cm³/mol. The number of aromatic nitrogens is 2. The molecule has 9 heteroatoms. The number of nitrogens with one attached hydrogen (secondary N) is 1. The van der Waals surface area contributed by atoms with Crippen molar-refractivity contribution < 1.29 is 27.1 Å². The monoisotopic (exact) mass is 425 g/mol. The van der Waals surface area contributed by atoms with Gasteiger partial charge in [0, 0.05) is 36.9 Å². The summed E-state index contributed by atoms with van der Waals surface area (Å²) in [6.07, 6.45) is 1.27. The first-order valence-electron chi connectivity index (χ1n) is 9.91. The van der Waals surface area contributed by atoms with Crippen molar-refractivity contribution in [3.8, 4) is 17.0 Å². The molecule has 2 fully saturated rings. The topological polar surface area (TPSA) is 56.1 Å². The van der Waals surface area contributed by atoms with E-state index in [-0.39, 0.29) is 5.92 Å². The van der Waals surface area contributed by atoms with Crippen LogP contribution in [0, 0.1) is 5.92 Å². The molecule has 30 heavy (non-hydrogen) atoms. The molecular formula is C21H23F4N3O2. The number of aryl methyl sites for hydroxylation is 1. The summed E-state index contributed by atoms with van der Waals surface area (Å²) in [6, 6.07) is 7.43. The lowest BCUT2D eigenvalue weighted by Crippen LogP contribution is -2.59. The van der Waals surface area contributed by atoms with Crippen LogP contribution in [-0.4, -0.2) is 34.6 Å². The van der Waals surface area contributed by atoms with Gasteiger partial charge in [0.1, 0.15) is 5.75 Å². The summed E-state index contributed by atoms with van der Waals surface area (Å²) < 4.78 is 60.0. The summed E-state index contributed by atoms with van der Waals surface area (Å²) >= 11 is 0. The summed E-state index contributed by atoms with van der Waals surface area (Å²) in [5.41, 5.74) is 2.57. The summed E-state index contributed by atoms with van der Waals surface area (Å²) in [5, 5.41) is 7.01. The smallest absolute Gasteiger partial charge is 0.313 e. The number of carbonyl (C=O) groups excluding carboxylic acids is 1. The van der Waals surface area contributed by atoms with Gasteiger partial charge in [0.05, 0.1) is 12.8 Å². The van der Waals surface area contributed by atoms with Crippen molar-refractivity contribution in [3.05, 3.63) is 29.8 Å². The highest BCUT2D eigenvalue weighted by atomic mass is 19.3. The maximum Gasteiger partial charge on any atom is 0.313 e. The van der Waals surface area contributed by atoms with Gasteiger partial charge in [-0.15, -0.1) is 0 Å². The van der Waals surface area contributed by atoms with Gasteiger partial charge in [-0.2, -0.15) is 22.7 Å². The Bertz CT molecular complexity index is 952. The minimum Gasteiger partial charge on any atom is -0.497 e. The van der Waals surface area contributed by atoms with E-state index in [9.17, 15) is 22.4 Å². The number of anilines is 1. The molecule has 0 bridgehead atoms. The van der Waals surface area contributed by atoms with Crippen molar-refractivity contribution in [1.29, 1.82) is 0 Å². The Balaban J connectivity index is 1.58. The average molecular weight is 425 g/mol. The van der Waals surface area contributed by atoms with E-state index in [1.807, 2.05) is 24.3 Å². The fourth-order valence-corrected chi connectivity index (χ4v) is 4.16. The van der Waals surface area contributed by atoms with Crippen LogP contribution in [0.25, 0.3) is 11.3 Å². The van der Waals surface area contributed by atoms with E-state index in [1.54, 1.807) is 18.8 Å². The number of carbonyl (C=O) groups is 1. The van der Waals surface area contributed by atoms with E-state index in [0.29, 0.717) is 11.6 Å². The number of ether oxygens (including phenoxy) is 1. The first-order valence-corrected chi connectivity index (χ1v) is 9.91. The number of halogens is 4. The zero-order chi connectivity index (χ0) is 21.7. The fourth-order valence-electron chi connectivity index (χ4n) is 4.16. The van der Waals surface area contributed by atoms with Gasteiger partial charge in [-0.1, -0.05) is 6.42 Å². The van der Waals surface area contributed by atoms with E-state index >= 15 is 0 Å².